The van der Waals surface area contributed by atoms with E-state index in [0.717, 1.165) is 5.69 Å². The first-order chi connectivity index (χ1) is 20.1. The molecule has 0 spiro atoms. The SMILES string of the molecule is COc1cccc(C(=O)N2CC(=O)[N+](CC3CCN(c4ccncc4)CC3)(OC(=O)C(F)(F)F)c3ccccc3C2)c1. The molecule has 1 fully saturated rings. The van der Waals surface area contributed by atoms with Crippen LogP contribution in [0.15, 0.2) is 73.1 Å². The first-order valence-corrected chi connectivity index (χ1v) is 13.5. The van der Waals surface area contributed by atoms with Gasteiger partial charge in [-0.05, 0) is 47.8 Å². The molecule has 220 valence electrons. The van der Waals surface area contributed by atoms with E-state index in [1.54, 1.807) is 48.8 Å². The van der Waals surface area contributed by atoms with E-state index in [0.29, 0.717) is 37.2 Å². The lowest BCUT2D eigenvalue weighted by atomic mass is 9.95. The van der Waals surface area contributed by atoms with Gasteiger partial charge in [0.2, 0.25) is 0 Å². The largest absolute Gasteiger partial charge is 0.497 e. The number of halogens is 3. The summed E-state index contributed by atoms with van der Waals surface area (Å²) in [7, 11) is 1.46. The van der Waals surface area contributed by atoms with Crippen LogP contribution in [0.5, 0.6) is 5.75 Å². The summed E-state index contributed by atoms with van der Waals surface area (Å²) in [6, 6.07) is 16.5. The van der Waals surface area contributed by atoms with Crippen molar-refractivity contribution in [3.63, 3.8) is 0 Å². The van der Waals surface area contributed by atoms with Crippen LogP contribution in [0.4, 0.5) is 24.5 Å². The van der Waals surface area contributed by atoms with E-state index in [-0.39, 0.29) is 30.3 Å². The van der Waals surface area contributed by atoms with Crippen molar-refractivity contribution in [1.29, 1.82) is 0 Å². The minimum Gasteiger partial charge on any atom is -0.497 e. The number of anilines is 1. The van der Waals surface area contributed by atoms with Gasteiger partial charge in [-0.3, -0.25) is 14.6 Å². The predicted octanol–water partition coefficient (Wildman–Crippen LogP) is 4.52. The molecule has 2 amide bonds. The number of pyridine rings is 1. The van der Waals surface area contributed by atoms with E-state index in [9.17, 15) is 27.6 Å². The number of carbonyl (C=O) groups is 3. The maximum Gasteiger partial charge on any atom is 0.497 e. The number of rotatable bonds is 6. The van der Waals surface area contributed by atoms with Crippen molar-refractivity contribution in [2.45, 2.75) is 25.6 Å². The fourth-order valence-electron chi connectivity index (χ4n) is 5.58. The van der Waals surface area contributed by atoms with E-state index < -0.39 is 35.2 Å². The van der Waals surface area contributed by atoms with Crippen LogP contribution in [0.3, 0.4) is 0 Å². The number of hydrogen-bond acceptors (Lipinski definition) is 7. The number of fused-ring (bicyclic) bond motifs is 1. The van der Waals surface area contributed by atoms with Gasteiger partial charge in [-0.15, -0.1) is 0 Å². The molecule has 0 aliphatic carbocycles. The number of aromatic nitrogens is 1. The highest BCUT2D eigenvalue weighted by Crippen LogP contribution is 2.38. The minimum absolute atomic E-state index is 0.0674. The molecule has 0 saturated carbocycles. The zero-order valence-corrected chi connectivity index (χ0v) is 22.9. The maximum absolute atomic E-state index is 14.1. The van der Waals surface area contributed by atoms with Gasteiger partial charge in [0, 0.05) is 54.3 Å². The number of carbonyl (C=O) groups excluding carboxylic acids is 3. The standard InChI is InChI=1S/C30H30F3N4O5/c1-41-25-7-4-6-22(17-25)28(39)36-18-23-5-2-3-8-26(23)37(27(38)19-36,42-29(40)30(31,32)33)20-21-11-15-35(16-12-21)24-9-13-34-14-10-24/h2-10,13-14,17,21H,11-12,15-16,18-20H2,1H3/q+1. The molecule has 1 saturated heterocycles. The average molecular weight is 584 g/mol. The quantitative estimate of drug-likeness (QED) is 0.395. The van der Waals surface area contributed by atoms with Gasteiger partial charge < -0.3 is 14.5 Å². The summed E-state index contributed by atoms with van der Waals surface area (Å²) in [4.78, 5) is 52.6. The molecular formula is C30H30F3N4O5+. The van der Waals surface area contributed by atoms with Crippen molar-refractivity contribution in [3.8, 4) is 5.75 Å². The second-order valence-corrected chi connectivity index (χ2v) is 10.4. The molecule has 9 nitrogen and oxygen atoms in total. The van der Waals surface area contributed by atoms with Gasteiger partial charge in [0.25, 0.3) is 5.91 Å². The summed E-state index contributed by atoms with van der Waals surface area (Å²) < 4.78 is 44.8. The molecule has 2 aliphatic rings. The van der Waals surface area contributed by atoms with Gasteiger partial charge in [-0.2, -0.15) is 13.2 Å². The van der Waals surface area contributed by atoms with E-state index in [1.165, 1.54) is 24.1 Å². The molecule has 1 atom stereocenters. The zero-order valence-electron chi connectivity index (χ0n) is 22.9. The first kappa shape index (κ1) is 29.1. The van der Waals surface area contributed by atoms with Crippen LogP contribution in [0.2, 0.25) is 0 Å². The van der Waals surface area contributed by atoms with Crippen LogP contribution in [-0.4, -0.2) is 67.1 Å². The number of nitrogens with zero attached hydrogens (tertiary/aromatic N) is 4. The smallest absolute Gasteiger partial charge is 0.497 e. The van der Waals surface area contributed by atoms with Crippen molar-refractivity contribution >= 4 is 29.2 Å². The van der Waals surface area contributed by atoms with Crippen LogP contribution < -0.4 is 14.3 Å². The summed E-state index contributed by atoms with van der Waals surface area (Å²) in [6.45, 7) is 0.368. The second-order valence-electron chi connectivity index (χ2n) is 10.4. The Morgan fingerprint density at radius 3 is 2.40 bits per heavy atom. The number of benzene rings is 2. The van der Waals surface area contributed by atoms with E-state index in [4.69, 9.17) is 9.57 Å². The lowest BCUT2D eigenvalue weighted by Crippen LogP contribution is -2.61. The Kier molecular flexibility index (Phi) is 8.17. The first-order valence-electron chi connectivity index (χ1n) is 13.5. The van der Waals surface area contributed by atoms with Crippen LogP contribution in [0.25, 0.3) is 0 Å². The Bertz CT molecular complexity index is 1460. The fraction of sp³-hybridized carbons (Fsp3) is 0.333. The van der Waals surface area contributed by atoms with Gasteiger partial charge in [-0.1, -0.05) is 24.3 Å². The van der Waals surface area contributed by atoms with Crippen LogP contribution in [0.1, 0.15) is 28.8 Å². The Hall–Kier alpha value is -4.45. The maximum atomic E-state index is 14.1. The normalized spacial score (nSPS) is 19.6. The molecule has 2 aliphatic heterocycles. The number of alkyl halides is 3. The molecule has 1 aromatic heterocycles. The molecule has 5 rings (SSSR count). The number of methoxy groups -OCH3 is 1. The third-order valence-electron chi connectivity index (χ3n) is 7.70. The molecule has 12 heteroatoms. The summed E-state index contributed by atoms with van der Waals surface area (Å²) in [5, 5.41) is 0. The van der Waals surface area contributed by atoms with Gasteiger partial charge >= 0.3 is 18.1 Å². The molecule has 3 heterocycles. The molecular weight excluding hydrogens is 553 g/mol. The number of para-hydroxylation sites is 1. The van der Waals surface area contributed by atoms with E-state index in [1.807, 2.05) is 12.1 Å². The van der Waals surface area contributed by atoms with Gasteiger partial charge in [0.05, 0.1) is 13.7 Å². The van der Waals surface area contributed by atoms with Crippen molar-refractivity contribution in [2.24, 2.45) is 5.92 Å². The van der Waals surface area contributed by atoms with E-state index >= 15 is 0 Å². The average Bonchev–Trinajstić information content (AvgIpc) is 3.11. The van der Waals surface area contributed by atoms with Crippen molar-refractivity contribution in [2.75, 3.05) is 38.2 Å². The number of amides is 2. The van der Waals surface area contributed by atoms with Gasteiger partial charge in [-0.25, -0.2) is 9.59 Å². The molecule has 0 bridgehead atoms. The number of piperidine rings is 1. The number of hydrogen-bond donors (Lipinski definition) is 0. The highest BCUT2D eigenvalue weighted by Gasteiger charge is 2.55. The van der Waals surface area contributed by atoms with Gasteiger partial charge in [0.1, 0.15) is 18.8 Å². The van der Waals surface area contributed by atoms with Crippen LogP contribution in [0, 0.1) is 5.92 Å². The zero-order chi connectivity index (χ0) is 29.9. The molecule has 0 N–H and O–H groups in total. The van der Waals surface area contributed by atoms with Crippen molar-refractivity contribution < 1.29 is 37.1 Å². The third-order valence-corrected chi connectivity index (χ3v) is 7.70. The Labute approximate surface area is 240 Å². The molecule has 2 aromatic carbocycles. The molecule has 42 heavy (non-hydrogen) atoms. The lowest BCUT2D eigenvalue weighted by Gasteiger charge is -2.38. The summed E-state index contributed by atoms with van der Waals surface area (Å²) in [6.07, 6.45) is -0.859. The summed E-state index contributed by atoms with van der Waals surface area (Å²) in [5.74, 6) is -3.63. The van der Waals surface area contributed by atoms with Crippen molar-refractivity contribution in [3.05, 3.63) is 84.2 Å². The highest BCUT2D eigenvalue weighted by molar-refractivity contribution is 6.00. The molecule has 1 unspecified atom stereocenters. The lowest BCUT2D eigenvalue weighted by molar-refractivity contribution is -0.235. The molecule has 0 radical (unpaired) electrons. The number of quaternary nitrogens is 1. The van der Waals surface area contributed by atoms with Gasteiger partial charge in [0.15, 0.2) is 5.69 Å². The van der Waals surface area contributed by atoms with Crippen LogP contribution >= 0.6 is 0 Å². The summed E-state index contributed by atoms with van der Waals surface area (Å²) in [5.41, 5.74) is 1.73. The third kappa shape index (κ3) is 5.94. The minimum atomic E-state index is -5.33. The Balaban J connectivity index is 1.49. The monoisotopic (exact) mass is 583 g/mol. The highest BCUT2D eigenvalue weighted by atomic mass is 19.4. The van der Waals surface area contributed by atoms with Crippen LogP contribution in [-0.2, 0) is 21.0 Å². The summed E-state index contributed by atoms with van der Waals surface area (Å²) >= 11 is 0. The predicted molar refractivity (Wildman–Crippen MR) is 147 cm³/mol. The topological polar surface area (TPSA) is 89.0 Å². The van der Waals surface area contributed by atoms with E-state index in [2.05, 4.69) is 9.88 Å². The fourth-order valence-corrected chi connectivity index (χ4v) is 5.58. The van der Waals surface area contributed by atoms with Crippen molar-refractivity contribution in [1.82, 2.24) is 14.5 Å². The number of hydroxylamine groups is 2. The number of ether oxygens (including phenoxy) is 1. The second kappa shape index (κ2) is 11.8. The molecule has 3 aromatic rings. The Morgan fingerprint density at radius 1 is 1.00 bits per heavy atom. The Morgan fingerprint density at radius 2 is 1.71 bits per heavy atom.